The molecule has 0 aliphatic carbocycles. The molecule has 0 aromatic carbocycles. The molecule has 0 atom stereocenters. The summed E-state index contributed by atoms with van der Waals surface area (Å²) in [7, 11) is 0. The maximum Gasteiger partial charge on any atom is 0.453 e. The van der Waals surface area contributed by atoms with Gasteiger partial charge in [-0.2, -0.15) is 22.8 Å². The minimum Gasteiger partial charge on any atom is -0.350 e. The first kappa shape index (κ1) is 15.9. The fourth-order valence-corrected chi connectivity index (χ4v) is 3.34. The highest BCUT2D eigenvalue weighted by atomic mass is 32.1. The van der Waals surface area contributed by atoms with Crippen molar-refractivity contribution in [3.05, 3.63) is 33.2 Å². The lowest BCUT2D eigenvalue weighted by Crippen LogP contribution is -2.23. The highest BCUT2D eigenvalue weighted by Gasteiger charge is 2.38. The third-order valence-corrected chi connectivity index (χ3v) is 4.74. The summed E-state index contributed by atoms with van der Waals surface area (Å²) >= 11 is 2.53. The zero-order valence-corrected chi connectivity index (χ0v) is 13.1. The van der Waals surface area contributed by atoms with Crippen LogP contribution in [-0.2, 0) is 23.9 Å². The van der Waals surface area contributed by atoms with E-state index in [0.717, 1.165) is 16.2 Å². The molecule has 0 spiro atoms. The molecule has 3 rings (SSSR count). The van der Waals surface area contributed by atoms with Crippen LogP contribution in [0, 0.1) is 0 Å². The molecule has 3 heterocycles. The number of fused-ring (bicyclic) bond motifs is 1. The Morgan fingerprint density at radius 3 is 2.87 bits per heavy atom. The summed E-state index contributed by atoms with van der Waals surface area (Å²) in [5.41, 5.74) is 0. The van der Waals surface area contributed by atoms with Gasteiger partial charge in [0.05, 0.1) is 6.54 Å². The molecule has 1 amide bonds. The molecule has 0 saturated carbocycles. The monoisotopic (exact) mass is 361 g/mol. The van der Waals surface area contributed by atoms with E-state index in [1.54, 1.807) is 11.3 Å². The molecule has 1 N–H and O–H groups in total. The number of thiophene rings is 1. The van der Waals surface area contributed by atoms with E-state index in [4.69, 9.17) is 0 Å². The van der Waals surface area contributed by atoms with Crippen LogP contribution in [0.1, 0.15) is 22.1 Å². The van der Waals surface area contributed by atoms with Gasteiger partial charge in [-0.1, -0.05) is 17.4 Å². The lowest BCUT2D eigenvalue weighted by molar-refractivity contribution is -0.146. The van der Waals surface area contributed by atoms with Gasteiger partial charge in [-0.3, -0.25) is 4.79 Å². The molecule has 0 saturated heterocycles. The first-order valence-electron chi connectivity index (χ1n) is 6.51. The van der Waals surface area contributed by atoms with Crippen molar-refractivity contribution in [3.8, 4) is 0 Å². The maximum absolute atomic E-state index is 12.7. The molecule has 3 aromatic rings. The summed E-state index contributed by atoms with van der Waals surface area (Å²) < 4.78 is 38.7. The Morgan fingerprint density at radius 1 is 1.35 bits per heavy atom. The van der Waals surface area contributed by atoms with Gasteiger partial charge in [0.25, 0.3) is 5.82 Å². The molecule has 3 aromatic heterocycles. The number of hydrogen-bond acceptors (Lipinski definition) is 6. The largest absolute Gasteiger partial charge is 0.453 e. The molecule has 0 aliphatic heterocycles. The summed E-state index contributed by atoms with van der Waals surface area (Å²) in [6, 6.07) is 3.86. The number of rotatable bonds is 5. The van der Waals surface area contributed by atoms with Gasteiger partial charge in [-0.05, 0) is 17.9 Å². The van der Waals surface area contributed by atoms with E-state index in [1.807, 2.05) is 17.5 Å². The van der Waals surface area contributed by atoms with Gasteiger partial charge in [-0.15, -0.1) is 21.5 Å². The first-order chi connectivity index (χ1) is 10.9. The highest BCUT2D eigenvalue weighted by molar-refractivity contribution is 7.16. The van der Waals surface area contributed by atoms with Crippen LogP contribution >= 0.6 is 22.7 Å². The molecule has 23 heavy (non-hydrogen) atoms. The normalized spacial score (nSPS) is 12.0. The molecule has 0 unspecified atom stereocenters. The van der Waals surface area contributed by atoms with E-state index in [9.17, 15) is 18.0 Å². The van der Waals surface area contributed by atoms with Gasteiger partial charge in [0.1, 0.15) is 5.01 Å². The van der Waals surface area contributed by atoms with Crippen molar-refractivity contribution in [2.75, 3.05) is 0 Å². The standard InChI is InChI=1S/C12H10F3N5OS2/c13-12(14,15)10-17-18-11-20(10)19-9(23-11)6-16-8(21)4-3-7-2-1-5-22-7/h1-2,5H,3-4,6H2,(H,16,21). The topological polar surface area (TPSA) is 72.2 Å². The molecule has 0 radical (unpaired) electrons. The van der Waals surface area contributed by atoms with Crippen LogP contribution in [0.25, 0.3) is 4.96 Å². The lowest BCUT2D eigenvalue weighted by atomic mass is 10.2. The number of halogens is 3. The van der Waals surface area contributed by atoms with E-state index in [1.165, 1.54) is 0 Å². The molecule has 11 heteroatoms. The average Bonchev–Trinajstić information content (AvgIpc) is 3.17. The first-order valence-corrected chi connectivity index (χ1v) is 8.20. The minimum atomic E-state index is -4.62. The van der Waals surface area contributed by atoms with Crippen LogP contribution in [0.15, 0.2) is 17.5 Å². The van der Waals surface area contributed by atoms with Crippen molar-refractivity contribution < 1.29 is 18.0 Å². The number of alkyl halides is 3. The van der Waals surface area contributed by atoms with Crippen LogP contribution in [0.3, 0.4) is 0 Å². The third-order valence-electron chi connectivity index (χ3n) is 2.90. The van der Waals surface area contributed by atoms with E-state index < -0.39 is 12.0 Å². The zero-order chi connectivity index (χ0) is 16.4. The summed E-state index contributed by atoms with van der Waals surface area (Å²) in [6.07, 6.45) is -3.67. The Bertz CT molecular complexity index is 808. The molecule has 6 nitrogen and oxygen atoms in total. The second kappa shape index (κ2) is 6.24. The molecule has 0 bridgehead atoms. The molecular formula is C12H10F3N5OS2. The minimum absolute atomic E-state index is 0.0418. The van der Waals surface area contributed by atoms with Gasteiger partial charge in [-0.25, -0.2) is 0 Å². The molecular weight excluding hydrogens is 351 g/mol. The Hall–Kier alpha value is -2.01. The van der Waals surface area contributed by atoms with E-state index in [2.05, 4.69) is 20.6 Å². The number of aromatic nitrogens is 4. The predicted octanol–water partition coefficient (Wildman–Crippen LogP) is 2.52. The SMILES string of the molecule is O=C(CCc1cccs1)NCc1nn2c(C(F)(F)F)nnc2s1. The van der Waals surface area contributed by atoms with Crippen LogP contribution in [0.5, 0.6) is 0 Å². The second-order valence-electron chi connectivity index (χ2n) is 4.57. The van der Waals surface area contributed by atoms with Gasteiger partial charge in [0.15, 0.2) is 0 Å². The summed E-state index contributed by atoms with van der Waals surface area (Å²) in [6.45, 7) is 0.0641. The van der Waals surface area contributed by atoms with Crippen molar-refractivity contribution in [1.29, 1.82) is 0 Å². The van der Waals surface area contributed by atoms with Crippen molar-refractivity contribution in [1.82, 2.24) is 25.1 Å². The van der Waals surface area contributed by atoms with E-state index in [0.29, 0.717) is 22.4 Å². The van der Waals surface area contributed by atoms with Crippen molar-refractivity contribution >= 4 is 33.5 Å². The Kier molecular flexibility index (Phi) is 4.31. The zero-order valence-electron chi connectivity index (χ0n) is 11.5. The van der Waals surface area contributed by atoms with Crippen molar-refractivity contribution in [2.45, 2.75) is 25.6 Å². The Morgan fingerprint density at radius 2 is 2.17 bits per heavy atom. The van der Waals surface area contributed by atoms with Gasteiger partial charge in [0, 0.05) is 11.3 Å². The fraction of sp³-hybridized carbons (Fsp3) is 0.333. The highest BCUT2D eigenvalue weighted by Crippen LogP contribution is 2.28. The third kappa shape index (κ3) is 3.67. The average molecular weight is 361 g/mol. The number of amides is 1. The van der Waals surface area contributed by atoms with Crippen LogP contribution < -0.4 is 5.32 Å². The van der Waals surface area contributed by atoms with E-state index in [-0.39, 0.29) is 17.4 Å². The number of hydrogen-bond donors (Lipinski definition) is 1. The number of nitrogens with one attached hydrogen (secondary N) is 1. The number of nitrogens with zero attached hydrogens (tertiary/aromatic N) is 4. The number of carbonyl (C=O) groups is 1. The summed E-state index contributed by atoms with van der Waals surface area (Å²) in [5, 5.41) is 15.2. The van der Waals surface area contributed by atoms with Gasteiger partial charge >= 0.3 is 6.18 Å². The Balaban J connectivity index is 1.59. The number of carbonyl (C=O) groups excluding carboxylic acids is 1. The van der Waals surface area contributed by atoms with Gasteiger partial charge < -0.3 is 5.32 Å². The predicted molar refractivity (Wildman–Crippen MR) is 78.1 cm³/mol. The van der Waals surface area contributed by atoms with Crippen molar-refractivity contribution in [3.63, 3.8) is 0 Å². The van der Waals surface area contributed by atoms with Gasteiger partial charge in [0.2, 0.25) is 10.9 Å². The lowest BCUT2D eigenvalue weighted by Gasteiger charge is -2.02. The molecule has 0 fully saturated rings. The summed E-state index contributed by atoms with van der Waals surface area (Å²) in [5.74, 6) is -1.35. The van der Waals surface area contributed by atoms with Crippen LogP contribution in [0.2, 0.25) is 0 Å². The van der Waals surface area contributed by atoms with Crippen LogP contribution in [-0.4, -0.2) is 25.7 Å². The number of aryl methyl sites for hydroxylation is 1. The van der Waals surface area contributed by atoms with Crippen molar-refractivity contribution in [2.24, 2.45) is 0 Å². The smallest absolute Gasteiger partial charge is 0.350 e. The van der Waals surface area contributed by atoms with E-state index >= 15 is 0 Å². The quantitative estimate of drug-likeness (QED) is 0.758. The fourth-order valence-electron chi connectivity index (χ4n) is 1.86. The molecule has 122 valence electrons. The van der Waals surface area contributed by atoms with Crippen LogP contribution in [0.4, 0.5) is 13.2 Å². The Labute approximate surface area is 136 Å². The maximum atomic E-state index is 12.7. The molecule has 0 aliphatic rings. The summed E-state index contributed by atoms with van der Waals surface area (Å²) in [4.78, 5) is 12.9. The second-order valence-corrected chi connectivity index (χ2v) is 6.64.